The Morgan fingerprint density at radius 2 is 1.67 bits per heavy atom. The Bertz CT molecular complexity index is 806. The summed E-state index contributed by atoms with van der Waals surface area (Å²) in [6, 6.07) is 13.3. The summed E-state index contributed by atoms with van der Waals surface area (Å²) in [4.78, 5) is 9.60. The Morgan fingerprint density at radius 1 is 1.04 bits per heavy atom. The van der Waals surface area contributed by atoms with E-state index in [4.69, 9.17) is 8.71 Å². The quantitative estimate of drug-likeness (QED) is 0.538. The van der Waals surface area contributed by atoms with Crippen molar-refractivity contribution in [3.05, 3.63) is 54.6 Å². The van der Waals surface area contributed by atoms with E-state index in [0.29, 0.717) is 5.75 Å². The van der Waals surface area contributed by atoms with Gasteiger partial charge in [-0.05, 0) is 54.2 Å². The number of hydrogen-bond donors (Lipinski definition) is 1. The lowest BCUT2D eigenvalue weighted by molar-refractivity contribution is 0.402. The summed E-state index contributed by atoms with van der Waals surface area (Å²) in [5.41, 5.74) is 0. The molecule has 6 nitrogen and oxygen atoms in total. The van der Waals surface area contributed by atoms with Crippen molar-refractivity contribution in [2.24, 2.45) is 0 Å². The van der Waals surface area contributed by atoms with Gasteiger partial charge in [0, 0.05) is 5.75 Å². The van der Waals surface area contributed by atoms with Gasteiger partial charge in [-0.25, -0.2) is 4.57 Å². The van der Waals surface area contributed by atoms with Crippen molar-refractivity contribution < 1.29 is 26.6 Å². The van der Waals surface area contributed by atoms with Gasteiger partial charge >= 0.3 is 16.9 Å². The molecular weight excluding hydrogens is 371 g/mol. The van der Waals surface area contributed by atoms with E-state index in [1.165, 1.54) is 36.4 Å². The molecule has 0 radical (unpaired) electrons. The average molecular weight is 388 g/mol. The van der Waals surface area contributed by atoms with Gasteiger partial charge in [0.2, 0.25) is 0 Å². The molecule has 0 saturated heterocycles. The van der Waals surface area contributed by atoms with Crippen LogP contribution in [0.3, 0.4) is 0 Å². The SMILES string of the molecule is CCCSP(=O)(O)Oc1ccc(S(=O)(=O)Oc2ccccc2)cc1. The topological polar surface area (TPSA) is 89.9 Å². The maximum atomic E-state index is 12.2. The third-order valence-corrected chi connectivity index (χ3v) is 7.11. The monoisotopic (exact) mass is 388 g/mol. The van der Waals surface area contributed by atoms with Crippen LogP contribution < -0.4 is 8.71 Å². The zero-order valence-electron chi connectivity index (χ0n) is 12.9. The lowest BCUT2D eigenvalue weighted by Gasteiger charge is -2.12. The normalized spacial score (nSPS) is 13.9. The molecule has 130 valence electrons. The summed E-state index contributed by atoms with van der Waals surface area (Å²) < 4.78 is 46.2. The maximum Gasteiger partial charge on any atom is 0.437 e. The molecule has 1 atom stereocenters. The number of hydrogen-bond acceptors (Lipinski definition) is 6. The van der Waals surface area contributed by atoms with Gasteiger partial charge in [-0.2, -0.15) is 8.42 Å². The zero-order valence-corrected chi connectivity index (χ0v) is 15.4. The zero-order chi connectivity index (χ0) is 17.6. The molecule has 2 aromatic rings. The standard InChI is InChI=1S/C15H17O6PS2/c1-2-12-23-22(16,17)20-13-8-10-15(11-9-13)24(18,19)21-14-6-4-3-5-7-14/h3-11H,2,12H2,1H3,(H,16,17). The van der Waals surface area contributed by atoms with Crippen LogP contribution in [-0.2, 0) is 14.7 Å². The Labute approximate surface area is 145 Å². The molecule has 0 aliphatic carbocycles. The van der Waals surface area contributed by atoms with Crippen molar-refractivity contribution in [3.8, 4) is 11.5 Å². The molecule has 0 spiro atoms. The van der Waals surface area contributed by atoms with Crippen LogP contribution >= 0.6 is 18.2 Å². The highest BCUT2D eigenvalue weighted by atomic mass is 32.7. The van der Waals surface area contributed by atoms with Crippen LogP contribution in [0, 0.1) is 0 Å². The van der Waals surface area contributed by atoms with Crippen molar-refractivity contribution in [2.75, 3.05) is 5.75 Å². The highest BCUT2D eigenvalue weighted by Crippen LogP contribution is 2.55. The predicted molar refractivity (Wildman–Crippen MR) is 93.9 cm³/mol. The highest BCUT2D eigenvalue weighted by Gasteiger charge is 2.22. The van der Waals surface area contributed by atoms with Gasteiger partial charge in [-0.15, -0.1) is 0 Å². The van der Waals surface area contributed by atoms with Crippen LogP contribution in [0.4, 0.5) is 0 Å². The molecule has 0 bridgehead atoms. The van der Waals surface area contributed by atoms with E-state index < -0.39 is 16.9 Å². The molecule has 9 heteroatoms. The summed E-state index contributed by atoms with van der Waals surface area (Å²) in [5, 5.41) is 0. The van der Waals surface area contributed by atoms with E-state index in [0.717, 1.165) is 17.8 Å². The van der Waals surface area contributed by atoms with Crippen molar-refractivity contribution >= 4 is 28.3 Å². The molecule has 0 aromatic heterocycles. The molecule has 2 rings (SSSR count). The molecule has 2 aromatic carbocycles. The van der Waals surface area contributed by atoms with Gasteiger partial charge < -0.3 is 13.6 Å². The molecule has 0 fully saturated rings. The van der Waals surface area contributed by atoms with E-state index >= 15 is 0 Å². The fourth-order valence-electron chi connectivity index (χ4n) is 1.68. The summed E-state index contributed by atoms with van der Waals surface area (Å²) in [5.74, 6) is 0.808. The Morgan fingerprint density at radius 3 is 2.25 bits per heavy atom. The highest BCUT2D eigenvalue weighted by molar-refractivity contribution is 8.54. The van der Waals surface area contributed by atoms with Gasteiger partial charge in [0.05, 0.1) is 0 Å². The minimum Gasteiger partial charge on any atom is -0.417 e. The van der Waals surface area contributed by atoms with Crippen LogP contribution in [0.25, 0.3) is 0 Å². The van der Waals surface area contributed by atoms with Crippen LogP contribution in [0.5, 0.6) is 11.5 Å². The molecule has 1 N–H and O–H groups in total. The van der Waals surface area contributed by atoms with E-state index in [1.807, 2.05) is 6.92 Å². The van der Waals surface area contributed by atoms with Gasteiger partial charge in [-0.1, -0.05) is 25.1 Å². The molecular formula is C15H17O6PS2. The van der Waals surface area contributed by atoms with E-state index in [9.17, 15) is 17.9 Å². The molecule has 0 saturated carbocycles. The minimum atomic E-state index is -3.98. The predicted octanol–water partition coefficient (Wildman–Crippen LogP) is 4.08. The number of rotatable bonds is 8. The van der Waals surface area contributed by atoms with Crippen LogP contribution in [-0.4, -0.2) is 19.1 Å². The van der Waals surface area contributed by atoms with Crippen LogP contribution in [0.2, 0.25) is 0 Å². The lowest BCUT2D eigenvalue weighted by atomic mass is 10.3. The first-order valence-corrected chi connectivity index (χ1v) is 11.7. The summed E-state index contributed by atoms with van der Waals surface area (Å²) in [6.07, 6.45) is 0.743. The average Bonchev–Trinajstić information content (AvgIpc) is 2.54. The largest absolute Gasteiger partial charge is 0.437 e. The first-order valence-electron chi connectivity index (χ1n) is 7.09. The molecule has 0 aliphatic heterocycles. The lowest BCUT2D eigenvalue weighted by Crippen LogP contribution is -2.09. The van der Waals surface area contributed by atoms with Crippen molar-refractivity contribution in [3.63, 3.8) is 0 Å². The molecule has 0 heterocycles. The molecule has 0 aliphatic rings. The van der Waals surface area contributed by atoms with E-state index in [-0.39, 0.29) is 16.4 Å². The first-order chi connectivity index (χ1) is 11.3. The third-order valence-electron chi connectivity index (χ3n) is 2.74. The van der Waals surface area contributed by atoms with Crippen molar-refractivity contribution in [2.45, 2.75) is 18.2 Å². The second-order valence-corrected chi connectivity index (χ2v) is 10.2. The van der Waals surface area contributed by atoms with Crippen LogP contribution in [0.15, 0.2) is 59.5 Å². The van der Waals surface area contributed by atoms with Crippen LogP contribution in [0.1, 0.15) is 13.3 Å². The van der Waals surface area contributed by atoms with Crippen molar-refractivity contribution in [1.82, 2.24) is 0 Å². The fourth-order valence-corrected chi connectivity index (χ4v) is 5.12. The fraction of sp³-hybridized carbons (Fsp3) is 0.200. The number of para-hydroxylation sites is 1. The summed E-state index contributed by atoms with van der Waals surface area (Å²) >= 11 is 0.831. The van der Waals surface area contributed by atoms with Gasteiger partial charge in [0.15, 0.2) is 0 Å². The van der Waals surface area contributed by atoms with E-state index in [2.05, 4.69) is 0 Å². The maximum absolute atomic E-state index is 12.2. The van der Waals surface area contributed by atoms with E-state index in [1.54, 1.807) is 18.2 Å². The van der Waals surface area contributed by atoms with Gasteiger partial charge in [-0.3, -0.25) is 0 Å². The van der Waals surface area contributed by atoms with Gasteiger partial charge in [0.25, 0.3) is 0 Å². The Balaban J connectivity index is 2.10. The smallest absolute Gasteiger partial charge is 0.417 e. The second kappa shape index (κ2) is 8.07. The molecule has 24 heavy (non-hydrogen) atoms. The number of benzene rings is 2. The second-order valence-electron chi connectivity index (χ2n) is 4.71. The van der Waals surface area contributed by atoms with Crippen molar-refractivity contribution in [1.29, 1.82) is 0 Å². The van der Waals surface area contributed by atoms with Gasteiger partial charge in [0.1, 0.15) is 16.4 Å². The minimum absolute atomic E-state index is 0.0762. The Hall–Kier alpha value is -1.47. The first kappa shape index (κ1) is 18.9. The summed E-state index contributed by atoms with van der Waals surface area (Å²) in [7, 11) is -3.98. The third kappa shape index (κ3) is 5.56. The summed E-state index contributed by atoms with van der Waals surface area (Å²) in [6.45, 7) is -1.92. The molecule has 1 unspecified atom stereocenters. The Kier molecular flexibility index (Phi) is 6.34. The molecule has 0 amide bonds.